The molecule has 0 bridgehead atoms. The van der Waals surface area contributed by atoms with Crippen LogP contribution in [0.25, 0.3) is 0 Å². The molecule has 0 saturated heterocycles. The molecule has 0 aromatic heterocycles. The maximum atomic E-state index is 10.3. The minimum atomic E-state index is -0.894. The Kier molecular flexibility index (Phi) is 2.27. The van der Waals surface area contributed by atoms with E-state index < -0.39 is 11.4 Å². The van der Waals surface area contributed by atoms with E-state index in [-0.39, 0.29) is 0 Å². The van der Waals surface area contributed by atoms with Gasteiger partial charge in [0.2, 0.25) is 0 Å². The molecular formula is C7H10O2. The van der Waals surface area contributed by atoms with Gasteiger partial charge in [-0.15, -0.1) is 5.92 Å². The topological polar surface area (TPSA) is 37.3 Å². The van der Waals surface area contributed by atoms with Crippen LogP contribution in [-0.4, -0.2) is 11.1 Å². The first-order valence-corrected chi connectivity index (χ1v) is 2.68. The highest BCUT2D eigenvalue weighted by Gasteiger charge is 2.23. The highest BCUT2D eigenvalue weighted by Crippen LogP contribution is 2.12. The van der Waals surface area contributed by atoms with Crippen molar-refractivity contribution in [2.24, 2.45) is 5.41 Å². The van der Waals surface area contributed by atoms with Gasteiger partial charge >= 0.3 is 5.97 Å². The quantitative estimate of drug-likeness (QED) is 0.534. The number of carboxylic acids is 1. The maximum Gasteiger partial charge on any atom is 0.321 e. The van der Waals surface area contributed by atoms with Crippen LogP contribution >= 0.6 is 0 Å². The normalized spacial score (nSPS) is 9.67. The van der Waals surface area contributed by atoms with Gasteiger partial charge in [0.05, 0.1) is 0 Å². The van der Waals surface area contributed by atoms with Gasteiger partial charge in [0, 0.05) is 0 Å². The maximum absolute atomic E-state index is 10.3. The van der Waals surface area contributed by atoms with Gasteiger partial charge in [0.1, 0.15) is 5.41 Å². The van der Waals surface area contributed by atoms with Crippen LogP contribution in [0.15, 0.2) is 0 Å². The van der Waals surface area contributed by atoms with Crippen LogP contribution in [-0.2, 0) is 4.79 Å². The van der Waals surface area contributed by atoms with E-state index in [2.05, 4.69) is 11.8 Å². The number of hydrogen-bond donors (Lipinski definition) is 1. The Morgan fingerprint density at radius 2 is 2.00 bits per heavy atom. The van der Waals surface area contributed by atoms with E-state index in [9.17, 15) is 4.79 Å². The van der Waals surface area contributed by atoms with Crippen LogP contribution < -0.4 is 0 Å². The van der Waals surface area contributed by atoms with E-state index >= 15 is 0 Å². The minimum Gasteiger partial charge on any atom is -0.480 e. The van der Waals surface area contributed by atoms with E-state index in [0.29, 0.717) is 0 Å². The summed E-state index contributed by atoms with van der Waals surface area (Å²) in [6.45, 7) is 4.78. The predicted octanol–water partition coefficient (Wildman–Crippen LogP) is 1.12. The molecular weight excluding hydrogens is 116 g/mol. The molecule has 50 valence electrons. The van der Waals surface area contributed by atoms with Gasteiger partial charge in [-0.2, -0.15) is 0 Å². The van der Waals surface area contributed by atoms with E-state index in [4.69, 9.17) is 5.11 Å². The standard InChI is InChI=1S/C7H10O2/c1-4-5-7(2,3)6(8)9/h1-3H3,(H,8,9). The first kappa shape index (κ1) is 8.03. The van der Waals surface area contributed by atoms with Crippen LogP contribution in [0.5, 0.6) is 0 Å². The molecule has 0 spiro atoms. The number of rotatable bonds is 1. The highest BCUT2D eigenvalue weighted by atomic mass is 16.4. The second-order valence-electron chi connectivity index (χ2n) is 2.31. The van der Waals surface area contributed by atoms with Crippen molar-refractivity contribution in [1.82, 2.24) is 0 Å². The first-order valence-electron chi connectivity index (χ1n) is 2.68. The number of carbonyl (C=O) groups is 1. The second-order valence-corrected chi connectivity index (χ2v) is 2.31. The van der Waals surface area contributed by atoms with Gasteiger partial charge in [-0.05, 0) is 20.8 Å². The monoisotopic (exact) mass is 126 g/mol. The number of aliphatic carboxylic acids is 1. The van der Waals surface area contributed by atoms with Gasteiger partial charge in [-0.3, -0.25) is 4.79 Å². The Hall–Kier alpha value is -0.970. The van der Waals surface area contributed by atoms with Gasteiger partial charge < -0.3 is 5.11 Å². The molecule has 0 amide bonds. The third-order valence-electron chi connectivity index (χ3n) is 0.972. The first-order chi connectivity index (χ1) is 4.00. The van der Waals surface area contributed by atoms with Crippen molar-refractivity contribution >= 4 is 5.97 Å². The van der Waals surface area contributed by atoms with Crippen molar-refractivity contribution in [2.45, 2.75) is 20.8 Å². The molecule has 1 N–H and O–H groups in total. The van der Waals surface area contributed by atoms with Crippen molar-refractivity contribution < 1.29 is 9.90 Å². The molecule has 0 heterocycles. The van der Waals surface area contributed by atoms with Crippen LogP contribution in [0.4, 0.5) is 0 Å². The lowest BCUT2D eigenvalue weighted by Crippen LogP contribution is -2.20. The molecule has 0 aromatic carbocycles. The van der Waals surface area contributed by atoms with Gasteiger partial charge in [0.25, 0.3) is 0 Å². The average molecular weight is 126 g/mol. The summed E-state index contributed by atoms with van der Waals surface area (Å²) in [6, 6.07) is 0. The Bertz CT molecular complexity index is 169. The summed E-state index contributed by atoms with van der Waals surface area (Å²) in [6.07, 6.45) is 0. The highest BCUT2D eigenvalue weighted by molar-refractivity contribution is 5.77. The smallest absolute Gasteiger partial charge is 0.321 e. The Morgan fingerprint density at radius 1 is 1.56 bits per heavy atom. The Labute approximate surface area is 54.9 Å². The molecule has 0 fully saturated rings. The van der Waals surface area contributed by atoms with Gasteiger partial charge in [-0.25, -0.2) is 0 Å². The summed E-state index contributed by atoms with van der Waals surface area (Å²) in [5.41, 5.74) is -0.894. The third kappa shape index (κ3) is 2.18. The lowest BCUT2D eigenvalue weighted by molar-refractivity contribution is -0.143. The van der Waals surface area contributed by atoms with E-state index in [1.54, 1.807) is 20.8 Å². The SMILES string of the molecule is CC#CC(C)(C)C(=O)O. The lowest BCUT2D eigenvalue weighted by atomic mass is 9.95. The van der Waals surface area contributed by atoms with Gasteiger partial charge in [-0.1, -0.05) is 5.92 Å². The molecule has 2 nitrogen and oxygen atoms in total. The largest absolute Gasteiger partial charge is 0.480 e. The molecule has 9 heavy (non-hydrogen) atoms. The summed E-state index contributed by atoms with van der Waals surface area (Å²) in [7, 11) is 0. The average Bonchev–Trinajstić information content (AvgIpc) is 1.65. The van der Waals surface area contributed by atoms with Crippen molar-refractivity contribution in [1.29, 1.82) is 0 Å². The third-order valence-corrected chi connectivity index (χ3v) is 0.972. The molecule has 0 saturated carbocycles. The molecule has 0 aliphatic rings. The number of hydrogen-bond acceptors (Lipinski definition) is 1. The molecule has 0 rings (SSSR count). The Morgan fingerprint density at radius 3 is 2.11 bits per heavy atom. The fraction of sp³-hybridized carbons (Fsp3) is 0.571. The number of carboxylic acid groups (broad SMARTS) is 1. The lowest BCUT2D eigenvalue weighted by Gasteiger charge is -2.08. The zero-order chi connectivity index (χ0) is 7.49. The van der Waals surface area contributed by atoms with E-state index in [1.807, 2.05) is 0 Å². The van der Waals surface area contributed by atoms with E-state index in [1.165, 1.54) is 0 Å². The minimum absolute atomic E-state index is 0.878. The molecule has 0 atom stereocenters. The molecule has 0 aliphatic carbocycles. The van der Waals surface area contributed by atoms with Crippen LogP contribution in [0, 0.1) is 17.3 Å². The van der Waals surface area contributed by atoms with E-state index in [0.717, 1.165) is 0 Å². The van der Waals surface area contributed by atoms with Crippen molar-refractivity contribution in [2.75, 3.05) is 0 Å². The molecule has 0 radical (unpaired) electrons. The fourth-order valence-electron chi connectivity index (χ4n) is 0.366. The molecule has 0 aromatic rings. The fourth-order valence-corrected chi connectivity index (χ4v) is 0.366. The Balaban J connectivity index is 4.32. The van der Waals surface area contributed by atoms with Crippen LogP contribution in [0.1, 0.15) is 20.8 Å². The van der Waals surface area contributed by atoms with Gasteiger partial charge in [0.15, 0.2) is 0 Å². The molecule has 0 aliphatic heterocycles. The second kappa shape index (κ2) is 2.54. The van der Waals surface area contributed by atoms with Crippen LogP contribution in [0.3, 0.4) is 0 Å². The zero-order valence-corrected chi connectivity index (χ0v) is 5.86. The zero-order valence-electron chi connectivity index (χ0n) is 5.86. The van der Waals surface area contributed by atoms with Crippen molar-refractivity contribution in [3.8, 4) is 11.8 Å². The summed E-state index contributed by atoms with van der Waals surface area (Å²) in [4.78, 5) is 10.3. The molecule has 0 unspecified atom stereocenters. The predicted molar refractivity (Wildman–Crippen MR) is 34.9 cm³/mol. The van der Waals surface area contributed by atoms with Crippen LogP contribution in [0.2, 0.25) is 0 Å². The summed E-state index contributed by atoms with van der Waals surface area (Å²) < 4.78 is 0. The summed E-state index contributed by atoms with van der Waals surface area (Å²) in [5.74, 6) is 4.25. The van der Waals surface area contributed by atoms with Crippen molar-refractivity contribution in [3.63, 3.8) is 0 Å². The summed E-state index contributed by atoms with van der Waals surface area (Å²) in [5, 5.41) is 8.47. The summed E-state index contributed by atoms with van der Waals surface area (Å²) >= 11 is 0. The van der Waals surface area contributed by atoms with Crippen molar-refractivity contribution in [3.05, 3.63) is 0 Å². The molecule has 2 heteroatoms.